The second-order valence-electron chi connectivity index (χ2n) is 4.47. The molecule has 19 heavy (non-hydrogen) atoms. The van der Waals surface area contributed by atoms with Gasteiger partial charge in [0.15, 0.2) is 0 Å². The van der Waals surface area contributed by atoms with Gasteiger partial charge in [0.2, 0.25) is 0 Å². The summed E-state index contributed by atoms with van der Waals surface area (Å²) in [6.07, 6.45) is 0. The molecule has 2 heterocycles. The zero-order valence-electron chi connectivity index (χ0n) is 10.1. The van der Waals surface area contributed by atoms with Crippen LogP contribution in [-0.4, -0.2) is 9.52 Å². The zero-order chi connectivity index (χ0) is 12.7. The molecule has 0 spiro atoms. The maximum atomic E-state index is 2.32. The highest BCUT2D eigenvalue weighted by Gasteiger charge is 2.03. The highest BCUT2D eigenvalue weighted by molar-refractivity contribution is 7.17. The Hall–Kier alpha value is -1.42. The predicted molar refractivity (Wildman–Crippen MR) is 88.7 cm³/mol. The Morgan fingerprint density at radius 2 is 1.16 bits per heavy atom. The van der Waals surface area contributed by atoms with E-state index in [-0.39, 0.29) is 0 Å². The Kier molecular flexibility index (Phi) is 2.76. The van der Waals surface area contributed by atoms with Crippen molar-refractivity contribution in [2.24, 2.45) is 0 Å². The molecule has 0 aliphatic heterocycles. The zero-order valence-corrected chi connectivity index (χ0v) is 12.7. The molecule has 0 amide bonds. The second-order valence-corrected chi connectivity index (χ2v) is 7.77. The van der Waals surface area contributed by atoms with E-state index >= 15 is 0 Å². The van der Waals surface area contributed by atoms with Gasteiger partial charge in [0.25, 0.3) is 0 Å². The van der Waals surface area contributed by atoms with Crippen LogP contribution in [0.2, 0.25) is 0 Å². The molecule has 0 bridgehead atoms. The van der Waals surface area contributed by atoms with Crippen LogP contribution in [0.15, 0.2) is 59.3 Å². The van der Waals surface area contributed by atoms with Crippen molar-refractivity contribution in [3.63, 3.8) is 0 Å². The van der Waals surface area contributed by atoms with Gasteiger partial charge in [-0.05, 0) is 45.8 Å². The molecule has 0 atom stereocenters. The van der Waals surface area contributed by atoms with Gasteiger partial charge in [-0.15, -0.1) is 22.7 Å². The van der Waals surface area contributed by atoms with Crippen molar-refractivity contribution in [1.29, 1.82) is 0 Å². The van der Waals surface area contributed by atoms with Crippen LogP contribution in [-0.2, 0) is 0 Å². The monoisotopic (exact) mass is 294 g/mol. The maximum Gasteiger partial charge on any atom is 0.121 e. The number of hydrogen-bond acceptors (Lipinski definition) is 2. The Balaban J connectivity index is 1.72. The fraction of sp³-hybridized carbons (Fsp3) is 0. The van der Waals surface area contributed by atoms with Gasteiger partial charge in [0, 0.05) is 9.40 Å². The molecule has 2 aromatic heterocycles. The molecule has 0 aliphatic carbocycles. The Labute approximate surface area is 122 Å². The van der Waals surface area contributed by atoms with Gasteiger partial charge >= 0.3 is 0 Å². The lowest BCUT2D eigenvalue weighted by molar-refractivity contribution is 1.90. The molecule has 0 aliphatic rings. The first-order chi connectivity index (χ1) is 9.38. The van der Waals surface area contributed by atoms with Crippen molar-refractivity contribution in [2.45, 2.75) is 0 Å². The number of thiophene rings is 2. The van der Waals surface area contributed by atoms with Crippen molar-refractivity contribution in [2.75, 3.05) is 0 Å². The van der Waals surface area contributed by atoms with E-state index in [1.807, 2.05) is 22.7 Å². The van der Waals surface area contributed by atoms with Gasteiger partial charge in [-0.3, -0.25) is 0 Å². The van der Waals surface area contributed by atoms with Crippen LogP contribution in [0.1, 0.15) is 0 Å². The summed E-state index contributed by atoms with van der Waals surface area (Å²) in [4.78, 5) is 0. The Morgan fingerprint density at radius 3 is 1.68 bits per heavy atom. The molecule has 0 fully saturated rings. The van der Waals surface area contributed by atoms with Crippen molar-refractivity contribution in [3.05, 3.63) is 59.3 Å². The van der Waals surface area contributed by atoms with Crippen LogP contribution in [0.4, 0.5) is 0 Å². The van der Waals surface area contributed by atoms with Gasteiger partial charge < -0.3 is 0 Å². The van der Waals surface area contributed by atoms with Crippen molar-refractivity contribution < 1.29 is 0 Å². The summed E-state index contributed by atoms with van der Waals surface area (Å²) in [7, 11) is 0.738. The summed E-state index contributed by atoms with van der Waals surface area (Å²) < 4.78 is 2.75. The average Bonchev–Trinajstić information content (AvgIpc) is 3.05. The molecular formula is C16H10S2Si. The Bertz CT molecular complexity index is 785. The lowest BCUT2D eigenvalue weighted by Gasteiger charge is -2.01. The Morgan fingerprint density at radius 1 is 0.632 bits per heavy atom. The topological polar surface area (TPSA) is 0 Å². The van der Waals surface area contributed by atoms with E-state index in [1.165, 1.54) is 30.5 Å². The molecule has 0 nitrogen and oxygen atoms in total. The molecule has 0 saturated heterocycles. The van der Waals surface area contributed by atoms with Crippen LogP contribution in [0.5, 0.6) is 0 Å². The SMILES string of the molecule is c1cc2cc([Si]c3ccc4sccc4c3)ccc2s1. The molecule has 0 unspecified atom stereocenters. The summed E-state index contributed by atoms with van der Waals surface area (Å²) in [5, 5.41) is 9.89. The third-order valence-electron chi connectivity index (χ3n) is 3.19. The molecule has 3 heteroatoms. The van der Waals surface area contributed by atoms with Crippen molar-refractivity contribution in [1.82, 2.24) is 0 Å². The standard InChI is InChI=1S/C16H10S2Si/c1-3-15-11(5-7-17-15)9-13(1)19-14-2-4-16-12(10-14)6-8-18-16/h1-10H. The summed E-state index contributed by atoms with van der Waals surface area (Å²) in [5.74, 6) is 0. The largest absolute Gasteiger partial charge is 0.144 e. The van der Waals surface area contributed by atoms with Crippen LogP contribution in [0, 0.1) is 0 Å². The van der Waals surface area contributed by atoms with Crippen molar-refractivity contribution >= 4 is 62.7 Å². The fourth-order valence-corrected chi connectivity index (χ4v) is 4.92. The molecule has 4 rings (SSSR count). The number of hydrogen-bond donors (Lipinski definition) is 0. The van der Waals surface area contributed by atoms with Crippen LogP contribution >= 0.6 is 22.7 Å². The van der Waals surface area contributed by atoms with E-state index in [2.05, 4.69) is 59.3 Å². The summed E-state index contributed by atoms with van der Waals surface area (Å²) in [5.41, 5.74) is 0. The first-order valence-electron chi connectivity index (χ1n) is 6.10. The number of rotatable bonds is 2. The van der Waals surface area contributed by atoms with E-state index in [9.17, 15) is 0 Å². The van der Waals surface area contributed by atoms with Gasteiger partial charge in [0.1, 0.15) is 9.52 Å². The molecule has 0 saturated carbocycles. The molecule has 90 valence electrons. The number of fused-ring (bicyclic) bond motifs is 2. The van der Waals surface area contributed by atoms with Gasteiger partial charge in [-0.25, -0.2) is 0 Å². The van der Waals surface area contributed by atoms with Crippen LogP contribution < -0.4 is 10.4 Å². The maximum absolute atomic E-state index is 2.32. The molecular weight excluding hydrogens is 284 g/mol. The number of benzene rings is 2. The normalized spacial score (nSPS) is 11.4. The summed E-state index contributed by atoms with van der Waals surface area (Å²) in [6, 6.07) is 18.1. The molecule has 4 aromatic rings. The van der Waals surface area contributed by atoms with Crippen LogP contribution in [0.25, 0.3) is 20.2 Å². The van der Waals surface area contributed by atoms with E-state index in [0.29, 0.717) is 0 Å². The quantitative estimate of drug-likeness (QED) is 0.494. The third-order valence-corrected chi connectivity index (χ3v) is 6.19. The highest BCUT2D eigenvalue weighted by atomic mass is 32.1. The fourth-order valence-electron chi connectivity index (χ4n) is 2.26. The van der Waals surface area contributed by atoms with E-state index in [4.69, 9.17) is 0 Å². The molecule has 2 aromatic carbocycles. The minimum Gasteiger partial charge on any atom is -0.144 e. The first-order valence-corrected chi connectivity index (χ1v) is 8.86. The van der Waals surface area contributed by atoms with Gasteiger partial charge in [0.05, 0.1) is 0 Å². The first kappa shape index (κ1) is 11.4. The van der Waals surface area contributed by atoms with Gasteiger partial charge in [-0.2, -0.15) is 0 Å². The lowest BCUT2D eigenvalue weighted by Crippen LogP contribution is -2.26. The summed E-state index contributed by atoms with van der Waals surface area (Å²) >= 11 is 3.62. The molecule has 0 N–H and O–H groups in total. The average molecular weight is 294 g/mol. The van der Waals surface area contributed by atoms with Gasteiger partial charge in [-0.1, -0.05) is 34.6 Å². The minimum atomic E-state index is 0.738. The summed E-state index contributed by atoms with van der Waals surface area (Å²) in [6.45, 7) is 0. The van der Waals surface area contributed by atoms with E-state index in [1.54, 1.807) is 0 Å². The van der Waals surface area contributed by atoms with E-state index < -0.39 is 0 Å². The highest BCUT2D eigenvalue weighted by Crippen LogP contribution is 2.19. The predicted octanol–water partition coefficient (Wildman–Crippen LogP) is 3.77. The molecule has 2 radical (unpaired) electrons. The third kappa shape index (κ3) is 2.14. The van der Waals surface area contributed by atoms with Crippen LogP contribution in [0.3, 0.4) is 0 Å². The minimum absolute atomic E-state index is 0.738. The lowest BCUT2D eigenvalue weighted by atomic mass is 10.3. The van der Waals surface area contributed by atoms with Crippen molar-refractivity contribution in [3.8, 4) is 0 Å². The second kappa shape index (κ2) is 4.60. The smallest absolute Gasteiger partial charge is 0.121 e. The van der Waals surface area contributed by atoms with E-state index in [0.717, 1.165) is 9.52 Å².